The average Bonchev–Trinajstić information content (AvgIpc) is 1.87. The second-order valence-electron chi connectivity index (χ2n) is 2.09. The number of allylic oxidation sites excluding steroid dienone is 1. The number of hydrogen-bond acceptors (Lipinski definition) is 1. The Morgan fingerprint density at radius 2 is 2.22 bits per heavy atom. The molecule has 0 aromatic heterocycles. The molecule has 52 valence electrons. The van der Waals surface area contributed by atoms with Crippen LogP contribution < -0.4 is 5.32 Å². The molecule has 0 bridgehead atoms. The van der Waals surface area contributed by atoms with Gasteiger partial charge in [0.25, 0.3) is 0 Å². The molecule has 0 fully saturated rings. The fourth-order valence-corrected chi connectivity index (χ4v) is 0.544. The molecular weight excluding hydrogens is 110 g/mol. The largest absolute Gasteiger partial charge is 0.313 e. The summed E-state index contributed by atoms with van der Waals surface area (Å²) in [6, 6.07) is 0.390. The number of likely N-dealkylation sites (N-methyl/N-ethyl adjacent to an activating group) is 1. The monoisotopic (exact) mass is 125 g/mol. The van der Waals surface area contributed by atoms with Gasteiger partial charge >= 0.3 is 0 Å². The smallest absolute Gasteiger partial charge is 0.0283 e. The summed E-state index contributed by atoms with van der Waals surface area (Å²) in [4.78, 5) is 0. The maximum Gasteiger partial charge on any atom is 0.0283 e. The molecule has 0 heterocycles. The quantitative estimate of drug-likeness (QED) is 0.566. The molecule has 0 spiro atoms. The lowest BCUT2D eigenvalue weighted by Crippen LogP contribution is -2.21. The highest BCUT2D eigenvalue weighted by Gasteiger charge is 1.96. The second-order valence-corrected chi connectivity index (χ2v) is 2.09. The Kier molecular flexibility index (Phi) is 4.06. The van der Waals surface area contributed by atoms with Gasteiger partial charge in [0.05, 0.1) is 0 Å². The van der Waals surface area contributed by atoms with Crippen LogP contribution in [0.5, 0.6) is 0 Å². The Hall–Kier alpha value is -0.560. The third-order valence-corrected chi connectivity index (χ3v) is 1.37. The third kappa shape index (κ3) is 3.09. The first-order valence-electron chi connectivity index (χ1n) is 3.21. The first-order chi connectivity index (χ1) is 4.22. The Labute approximate surface area is 57.5 Å². The summed E-state index contributed by atoms with van der Waals surface area (Å²) in [5.74, 6) is 0. The minimum absolute atomic E-state index is 0.390. The fraction of sp³-hybridized carbons (Fsp3) is 0.500. The first kappa shape index (κ1) is 8.44. The molecular formula is C8H15N. The molecule has 0 amide bonds. The van der Waals surface area contributed by atoms with Crippen molar-refractivity contribution in [3.05, 3.63) is 24.3 Å². The van der Waals surface area contributed by atoms with E-state index in [2.05, 4.69) is 18.8 Å². The summed E-state index contributed by atoms with van der Waals surface area (Å²) in [5, 5.41) is 3.10. The van der Waals surface area contributed by atoms with Gasteiger partial charge in [-0.25, -0.2) is 0 Å². The van der Waals surface area contributed by atoms with Gasteiger partial charge in [-0.05, 0) is 26.5 Å². The van der Waals surface area contributed by atoms with Gasteiger partial charge < -0.3 is 5.32 Å². The van der Waals surface area contributed by atoms with E-state index in [0.29, 0.717) is 6.04 Å². The molecule has 0 saturated carbocycles. The van der Waals surface area contributed by atoms with E-state index in [9.17, 15) is 0 Å². The van der Waals surface area contributed by atoms with Crippen molar-refractivity contribution in [1.82, 2.24) is 5.32 Å². The minimum Gasteiger partial charge on any atom is -0.313 e. The van der Waals surface area contributed by atoms with Crippen molar-refractivity contribution in [3.63, 3.8) is 0 Å². The van der Waals surface area contributed by atoms with Crippen molar-refractivity contribution >= 4 is 0 Å². The molecule has 1 heteroatoms. The lowest BCUT2D eigenvalue weighted by Gasteiger charge is -2.08. The van der Waals surface area contributed by atoms with Crippen LogP contribution in [-0.4, -0.2) is 13.1 Å². The summed E-state index contributed by atoms with van der Waals surface area (Å²) in [6.07, 6.45) is 4.01. The predicted molar refractivity (Wildman–Crippen MR) is 42.5 cm³/mol. The van der Waals surface area contributed by atoms with E-state index in [1.807, 2.05) is 26.1 Å². The van der Waals surface area contributed by atoms with Crippen LogP contribution in [0.3, 0.4) is 0 Å². The Morgan fingerprint density at radius 1 is 1.67 bits per heavy atom. The zero-order chi connectivity index (χ0) is 7.28. The zero-order valence-corrected chi connectivity index (χ0v) is 6.44. The summed E-state index contributed by atoms with van der Waals surface area (Å²) < 4.78 is 0. The standard InChI is InChI=1S/C8H15N/c1-5-6-7(2)8(3)9-4/h5-6,8-9H,2H2,1,3-4H3. The lowest BCUT2D eigenvalue weighted by molar-refractivity contribution is 0.707. The van der Waals surface area contributed by atoms with Crippen LogP contribution >= 0.6 is 0 Å². The van der Waals surface area contributed by atoms with Crippen LogP contribution in [0, 0.1) is 0 Å². The fourth-order valence-electron chi connectivity index (χ4n) is 0.544. The number of rotatable bonds is 3. The van der Waals surface area contributed by atoms with E-state index in [1.54, 1.807) is 0 Å². The molecule has 0 aliphatic rings. The van der Waals surface area contributed by atoms with Crippen LogP contribution in [0.2, 0.25) is 0 Å². The minimum atomic E-state index is 0.390. The summed E-state index contributed by atoms with van der Waals surface area (Å²) in [7, 11) is 1.93. The molecule has 1 unspecified atom stereocenters. The summed E-state index contributed by atoms with van der Waals surface area (Å²) >= 11 is 0. The van der Waals surface area contributed by atoms with Crippen LogP contribution in [-0.2, 0) is 0 Å². The van der Waals surface area contributed by atoms with Crippen LogP contribution in [0.4, 0.5) is 0 Å². The highest BCUT2D eigenvalue weighted by molar-refractivity contribution is 5.19. The SMILES string of the molecule is C=C(C=CC)C(C)NC. The highest BCUT2D eigenvalue weighted by atomic mass is 14.8. The molecule has 1 nitrogen and oxygen atoms in total. The van der Waals surface area contributed by atoms with Crippen molar-refractivity contribution < 1.29 is 0 Å². The molecule has 9 heavy (non-hydrogen) atoms. The molecule has 0 aromatic rings. The first-order valence-corrected chi connectivity index (χ1v) is 3.21. The van der Waals surface area contributed by atoms with Crippen molar-refractivity contribution in [2.45, 2.75) is 19.9 Å². The number of hydrogen-bond donors (Lipinski definition) is 1. The van der Waals surface area contributed by atoms with Gasteiger partial charge in [-0.15, -0.1) is 0 Å². The summed E-state index contributed by atoms with van der Waals surface area (Å²) in [6.45, 7) is 7.95. The van der Waals surface area contributed by atoms with Gasteiger partial charge in [-0.1, -0.05) is 18.7 Å². The Balaban J connectivity index is 3.73. The maximum atomic E-state index is 3.87. The predicted octanol–water partition coefficient (Wildman–Crippen LogP) is 1.73. The maximum absolute atomic E-state index is 3.87. The van der Waals surface area contributed by atoms with Crippen molar-refractivity contribution in [2.75, 3.05) is 7.05 Å². The second kappa shape index (κ2) is 4.33. The van der Waals surface area contributed by atoms with Crippen molar-refractivity contribution in [1.29, 1.82) is 0 Å². The van der Waals surface area contributed by atoms with Crippen molar-refractivity contribution in [3.8, 4) is 0 Å². The molecule has 0 rings (SSSR count). The molecule has 0 aliphatic carbocycles. The molecule has 1 atom stereocenters. The van der Waals surface area contributed by atoms with Crippen LogP contribution in [0.25, 0.3) is 0 Å². The normalized spacial score (nSPS) is 14.1. The highest BCUT2D eigenvalue weighted by Crippen LogP contribution is 1.98. The van der Waals surface area contributed by atoms with Crippen LogP contribution in [0.1, 0.15) is 13.8 Å². The number of nitrogens with one attached hydrogen (secondary N) is 1. The van der Waals surface area contributed by atoms with Gasteiger partial charge in [-0.2, -0.15) is 0 Å². The molecule has 1 N–H and O–H groups in total. The van der Waals surface area contributed by atoms with Gasteiger partial charge in [0.1, 0.15) is 0 Å². The van der Waals surface area contributed by atoms with Crippen molar-refractivity contribution in [2.24, 2.45) is 0 Å². The van der Waals surface area contributed by atoms with Gasteiger partial charge in [0, 0.05) is 6.04 Å². The summed E-state index contributed by atoms with van der Waals surface area (Å²) in [5.41, 5.74) is 1.12. The van der Waals surface area contributed by atoms with E-state index in [1.165, 1.54) is 0 Å². The lowest BCUT2D eigenvalue weighted by atomic mass is 10.1. The van der Waals surface area contributed by atoms with E-state index < -0.39 is 0 Å². The van der Waals surface area contributed by atoms with E-state index in [4.69, 9.17) is 0 Å². The van der Waals surface area contributed by atoms with Crippen LogP contribution in [0.15, 0.2) is 24.3 Å². The zero-order valence-electron chi connectivity index (χ0n) is 6.44. The van der Waals surface area contributed by atoms with Gasteiger partial charge in [0.2, 0.25) is 0 Å². The topological polar surface area (TPSA) is 12.0 Å². The van der Waals surface area contributed by atoms with E-state index in [-0.39, 0.29) is 0 Å². The molecule has 0 radical (unpaired) electrons. The van der Waals surface area contributed by atoms with Gasteiger partial charge in [-0.3, -0.25) is 0 Å². The van der Waals surface area contributed by atoms with E-state index >= 15 is 0 Å². The third-order valence-electron chi connectivity index (χ3n) is 1.37. The Bertz CT molecular complexity index is 114. The molecule has 0 aliphatic heterocycles. The molecule has 0 saturated heterocycles. The van der Waals surface area contributed by atoms with E-state index in [0.717, 1.165) is 5.57 Å². The molecule has 0 aromatic carbocycles. The average molecular weight is 125 g/mol. The van der Waals surface area contributed by atoms with Gasteiger partial charge in [0.15, 0.2) is 0 Å². The Morgan fingerprint density at radius 3 is 2.56 bits per heavy atom.